The van der Waals surface area contributed by atoms with Gasteiger partial charge >= 0.3 is 12.0 Å². The molecule has 0 aliphatic rings. The third-order valence-corrected chi connectivity index (χ3v) is 2.75. The smallest absolute Gasteiger partial charge is 0.339 e. The van der Waals surface area contributed by atoms with Crippen LogP contribution >= 0.6 is 0 Å². The summed E-state index contributed by atoms with van der Waals surface area (Å²) in [5, 5.41) is 14.2. The van der Waals surface area contributed by atoms with E-state index in [9.17, 15) is 9.59 Å². The molecule has 0 aliphatic heterocycles. The van der Waals surface area contributed by atoms with Crippen LogP contribution in [0.5, 0.6) is 0 Å². The Morgan fingerprint density at radius 1 is 1.50 bits per heavy atom. The molecule has 20 heavy (non-hydrogen) atoms. The molecule has 1 unspecified atom stereocenters. The van der Waals surface area contributed by atoms with Gasteiger partial charge in [0.25, 0.3) is 0 Å². The van der Waals surface area contributed by atoms with Crippen molar-refractivity contribution in [1.82, 2.24) is 10.6 Å². The predicted molar refractivity (Wildman–Crippen MR) is 71.7 cm³/mol. The second-order valence-corrected chi connectivity index (χ2v) is 4.50. The van der Waals surface area contributed by atoms with Crippen LogP contribution in [-0.2, 0) is 11.3 Å². The van der Waals surface area contributed by atoms with E-state index in [1.807, 2.05) is 6.92 Å². The van der Waals surface area contributed by atoms with Crippen LogP contribution in [0.15, 0.2) is 10.5 Å². The molecule has 2 amide bonds. The summed E-state index contributed by atoms with van der Waals surface area (Å²) >= 11 is 0. The van der Waals surface area contributed by atoms with Gasteiger partial charge in [0.1, 0.15) is 17.1 Å². The summed E-state index contributed by atoms with van der Waals surface area (Å²) in [5.74, 6) is -0.321. The SMILES string of the molecule is COCCC(C)NC(=O)NCc1cc(C(=O)O)c(C)o1. The lowest BCUT2D eigenvalue weighted by Gasteiger charge is -2.13. The van der Waals surface area contributed by atoms with Crippen LogP contribution in [0.4, 0.5) is 4.79 Å². The highest BCUT2D eigenvalue weighted by molar-refractivity contribution is 5.88. The first-order valence-corrected chi connectivity index (χ1v) is 6.30. The zero-order valence-electron chi connectivity index (χ0n) is 11.9. The summed E-state index contributed by atoms with van der Waals surface area (Å²) in [5.41, 5.74) is 0.107. The fraction of sp³-hybridized carbons (Fsp3) is 0.538. The molecule has 1 rings (SSSR count). The van der Waals surface area contributed by atoms with Crippen LogP contribution in [0, 0.1) is 6.92 Å². The molecule has 1 aromatic heterocycles. The standard InChI is InChI=1S/C13H20N2O5/c1-8(4-5-19-3)15-13(18)14-7-10-6-11(12(16)17)9(2)20-10/h6,8H,4-5,7H2,1-3H3,(H,16,17)(H2,14,15,18). The first-order chi connectivity index (χ1) is 9.43. The Morgan fingerprint density at radius 3 is 2.75 bits per heavy atom. The Hall–Kier alpha value is -2.02. The summed E-state index contributed by atoms with van der Waals surface area (Å²) in [4.78, 5) is 22.4. The molecular weight excluding hydrogens is 264 g/mol. The fourth-order valence-corrected chi connectivity index (χ4v) is 1.65. The van der Waals surface area contributed by atoms with E-state index in [1.54, 1.807) is 14.0 Å². The number of carbonyl (C=O) groups excluding carboxylic acids is 1. The summed E-state index contributed by atoms with van der Waals surface area (Å²) < 4.78 is 10.2. The van der Waals surface area contributed by atoms with E-state index in [1.165, 1.54) is 6.07 Å². The van der Waals surface area contributed by atoms with Gasteiger partial charge in [0.2, 0.25) is 0 Å². The summed E-state index contributed by atoms with van der Waals surface area (Å²) in [6, 6.07) is 1.06. The molecular formula is C13H20N2O5. The van der Waals surface area contributed by atoms with Gasteiger partial charge in [-0.3, -0.25) is 0 Å². The maximum Gasteiger partial charge on any atom is 0.339 e. The maximum atomic E-state index is 11.6. The highest BCUT2D eigenvalue weighted by Crippen LogP contribution is 2.14. The fourth-order valence-electron chi connectivity index (χ4n) is 1.65. The van der Waals surface area contributed by atoms with Crippen molar-refractivity contribution in [2.45, 2.75) is 32.9 Å². The van der Waals surface area contributed by atoms with Gasteiger partial charge in [0, 0.05) is 19.8 Å². The van der Waals surface area contributed by atoms with Crippen LogP contribution in [0.3, 0.4) is 0 Å². The minimum atomic E-state index is -1.05. The highest BCUT2D eigenvalue weighted by Gasteiger charge is 2.14. The van der Waals surface area contributed by atoms with E-state index in [0.29, 0.717) is 24.5 Å². The average molecular weight is 284 g/mol. The number of ether oxygens (including phenoxy) is 1. The second kappa shape index (κ2) is 7.54. The van der Waals surface area contributed by atoms with Crippen LogP contribution in [0.25, 0.3) is 0 Å². The largest absolute Gasteiger partial charge is 0.478 e. The van der Waals surface area contributed by atoms with Gasteiger partial charge < -0.3 is 24.9 Å². The van der Waals surface area contributed by atoms with Gasteiger partial charge in [-0.05, 0) is 26.3 Å². The summed E-state index contributed by atoms with van der Waals surface area (Å²) in [7, 11) is 1.60. The van der Waals surface area contributed by atoms with Gasteiger partial charge in [-0.1, -0.05) is 0 Å². The number of aromatic carboxylic acids is 1. The summed E-state index contributed by atoms with van der Waals surface area (Å²) in [6.45, 7) is 4.15. The lowest BCUT2D eigenvalue weighted by molar-refractivity contribution is 0.0695. The van der Waals surface area contributed by atoms with E-state index in [0.717, 1.165) is 0 Å². The van der Waals surface area contributed by atoms with E-state index >= 15 is 0 Å². The number of rotatable bonds is 7. The Kier molecular flexibility index (Phi) is 6.05. The molecule has 1 heterocycles. The van der Waals surface area contributed by atoms with Gasteiger partial charge in [0.15, 0.2) is 0 Å². The topological polar surface area (TPSA) is 101 Å². The van der Waals surface area contributed by atoms with Crippen LogP contribution in [-0.4, -0.2) is 36.9 Å². The number of hydrogen-bond acceptors (Lipinski definition) is 4. The number of carbonyl (C=O) groups is 2. The molecule has 1 aromatic rings. The summed E-state index contributed by atoms with van der Waals surface area (Å²) in [6.07, 6.45) is 0.715. The van der Waals surface area contributed by atoms with Crippen molar-refractivity contribution < 1.29 is 23.8 Å². The minimum Gasteiger partial charge on any atom is -0.478 e. The first-order valence-electron chi connectivity index (χ1n) is 6.30. The molecule has 0 spiro atoms. The minimum absolute atomic E-state index is 0.0112. The first kappa shape index (κ1) is 16.0. The number of urea groups is 1. The molecule has 3 N–H and O–H groups in total. The van der Waals surface area contributed by atoms with Crippen LogP contribution in [0.2, 0.25) is 0 Å². The molecule has 0 aromatic carbocycles. The molecule has 0 aliphatic carbocycles. The number of carboxylic acids is 1. The van der Waals surface area contributed by atoms with Crippen molar-refractivity contribution in [3.8, 4) is 0 Å². The number of hydrogen-bond donors (Lipinski definition) is 3. The van der Waals surface area contributed by atoms with E-state index in [-0.39, 0.29) is 24.2 Å². The zero-order valence-corrected chi connectivity index (χ0v) is 11.9. The molecule has 0 bridgehead atoms. The Bertz CT molecular complexity index is 469. The number of nitrogens with one attached hydrogen (secondary N) is 2. The van der Waals surface area contributed by atoms with Crippen LogP contribution < -0.4 is 10.6 Å². The molecule has 0 saturated carbocycles. The lowest BCUT2D eigenvalue weighted by atomic mass is 10.2. The number of methoxy groups -OCH3 is 1. The maximum absolute atomic E-state index is 11.6. The molecule has 0 saturated heterocycles. The number of carboxylic acid groups (broad SMARTS) is 1. The van der Waals surface area contributed by atoms with Gasteiger partial charge in [-0.2, -0.15) is 0 Å². The van der Waals surface area contributed by atoms with E-state index < -0.39 is 5.97 Å². The van der Waals surface area contributed by atoms with E-state index in [2.05, 4.69) is 10.6 Å². The highest BCUT2D eigenvalue weighted by atomic mass is 16.5. The Balaban J connectivity index is 2.41. The number of amides is 2. The van der Waals surface area contributed by atoms with Crippen molar-refractivity contribution in [1.29, 1.82) is 0 Å². The van der Waals surface area contributed by atoms with Crippen molar-refractivity contribution in [3.05, 3.63) is 23.2 Å². The molecule has 7 nitrogen and oxygen atoms in total. The van der Waals surface area contributed by atoms with Gasteiger partial charge in [-0.15, -0.1) is 0 Å². The quantitative estimate of drug-likeness (QED) is 0.704. The monoisotopic (exact) mass is 284 g/mol. The molecule has 7 heteroatoms. The van der Waals surface area contributed by atoms with E-state index in [4.69, 9.17) is 14.3 Å². The van der Waals surface area contributed by atoms with Crippen molar-refractivity contribution in [3.63, 3.8) is 0 Å². The Labute approximate surface area is 117 Å². The van der Waals surface area contributed by atoms with Gasteiger partial charge in [-0.25, -0.2) is 9.59 Å². The molecule has 112 valence electrons. The molecule has 0 fully saturated rings. The number of furan rings is 1. The molecule has 0 radical (unpaired) electrons. The Morgan fingerprint density at radius 2 is 2.20 bits per heavy atom. The average Bonchev–Trinajstić information content (AvgIpc) is 2.75. The van der Waals surface area contributed by atoms with Crippen LogP contribution in [0.1, 0.15) is 35.2 Å². The van der Waals surface area contributed by atoms with Crippen molar-refractivity contribution in [2.24, 2.45) is 0 Å². The second-order valence-electron chi connectivity index (χ2n) is 4.50. The van der Waals surface area contributed by atoms with Gasteiger partial charge in [0.05, 0.1) is 6.54 Å². The third kappa shape index (κ3) is 4.93. The predicted octanol–water partition coefficient (Wildman–Crippen LogP) is 1.51. The molecule has 1 atom stereocenters. The van der Waals surface area contributed by atoms with Crippen molar-refractivity contribution >= 4 is 12.0 Å². The lowest BCUT2D eigenvalue weighted by Crippen LogP contribution is -2.40. The third-order valence-electron chi connectivity index (χ3n) is 2.75. The number of aryl methyl sites for hydroxylation is 1. The van der Waals surface area contributed by atoms with Crippen molar-refractivity contribution in [2.75, 3.05) is 13.7 Å². The zero-order chi connectivity index (χ0) is 15.1. The normalized spacial score (nSPS) is 11.9.